The van der Waals surface area contributed by atoms with Crippen molar-refractivity contribution < 1.29 is 27.9 Å². The average molecular weight is 330 g/mol. The monoisotopic (exact) mass is 330 g/mol. The van der Waals surface area contributed by atoms with Crippen molar-refractivity contribution in [2.45, 2.75) is 19.2 Å². The van der Waals surface area contributed by atoms with Crippen LogP contribution >= 0.6 is 0 Å². The maximum Gasteiger partial charge on any atom is 0.416 e. The first-order valence-electron chi connectivity index (χ1n) is 6.65. The van der Waals surface area contributed by atoms with Gasteiger partial charge in [0, 0.05) is 25.7 Å². The van der Waals surface area contributed by atoms with Crippen molar-refractivity contribution in [2.75, 3.05) is 18.9 Å². The lowest BCUT2D eigenvalue weighted by Crippen LogP contribution is -2.41. The molecule has 1 aromatic carbocycles. The van der Waals surface area contributed by atoms with Gasteiger partial charge in [-0.3, -0.25) is 9.59 Å². The second-order valence-electron chi connectivity index (χ2n) is 4.91. The SMILES string of the molecule is CC(=O)Nc1ccc(/C=C/C(=O)N(C)CC(O)C(F)(F)F)cc1. The summed E-state index contributed by atoms with van der Waals surface area (Å²) >= 11 is 0. The summed E-state index contributed by atoms with van der Waals surface area (Å²) in [6, 6.07) is 6.53. The molecule has 0 bridgehead atoms. The van der Waals surface area contributed by atoms with E-state index in [9.17, 15) is 22.8 Å². The largest absolute Gasteiger partial charge is 0.416 e. The number of nitrogens with zero attached hydrogens (tertiary/aromatic N) is 1. The number of anilines is 1. The van der Waals surface area contributed by atoms with Gasteiger partial charge in [-0.1, -0.05) is 12.1 Å². The summed E-state index contributed by atoms with van der Waals surface area (Å²) in [6.45, 7) is 0.534. The Labute approximate surface area is 131 Å². The highest BCUT2D eigenvalue weighted by molar-refractivity contribution is 5.92. The van der Waals surface area contributed by atoms with E-state index in [1.165, 1.54) is 20.0 Å². The van der Waals surface area contributed by atoms with Crippen LogP contribution in [0.3, 0.4) is 0 Å². The third-order valence-electron chi connectivity index (χ3n) is 2.85. The van der Waals surface area contributed by atoms with Crippen molar-refractivity contribution in [3.05, 3.63) is 35.9 Å². The molecule has 2 N–H and O–H groups in total. The van der Waals surface area contributed by atoms with Gasteiger partial charge in [-0.05, 0) is 23.8 Å². The van der Waals surface area contributed by atoms with Crippen LogP contribution in [0.15, 0.2) is 30.3 Å². The van der Waals surface area contributed by atoms with E-state index in [1.54, 1.807) is 24.3 Å². The average Bonchev–Trinajstić information content (AvgIpc) is 2.44. The van der Waals surface area contributed by atoms with Gasteiger partial charge in [0.1, 0.15) is 0 Å². The van der Waals surface area contributed by atoms with Gasteiger partial charge in [0.15, 0.2) is 6.10 Å². The molecule has 0 spiro atoms. The van der Waals surface area contributed by atoms with Gasteiger partial charge in [-0.15, -0.1) is 0 Å². The van der Waals surface area contributed by atoms with Crippen molar-refractivity contribution >= 4 is 23.6 Å². The first-order valence-corrected chi connectivity index (χ1v) is 6.65. The van der Waals surface area contributed by atoms with Crippen LogP contribution < -0.4 is 5.32 Å². The first-order chi connectivity index (χ1) is 10.6. The Hall–Kier alpha value is -2.35. The maximum atomic E-state index is 12.2. The van der Waals surface area contributed by atoms with Gasteiger partial charge in [0.2, 0.25) is 11.8 Å². The molecule has 0 aliphatic heterocycles. The molecule has 5 nitrogen and oxygen atoms in total. The topological polar surface area (TPSA) is 69.6 Å². The molecule has 0 heterocycles. The minimum absolute atomic E-state index is 0.215. The summed E-state index contributed by atoms with van der Waals surface area (Å²) in [5.74, 6) is -0.882. The van der Waals surface area contributed by atoms with E-state index < -0.39 is 24.7 Å². The minimum atomic E-state index is -4.77. The normalized spacial score (nSPS) is 13.0. The van der Waals surface area contributed by atoms with Crippen LogP contribution in [0.1, 0.15) is 12.5 Å². The smallest absolute Gasteiger partial charge is 0.382 e. The number of amides is 2. The van der Waals surface area contributed by atoms with E-state index in [0.29, 0.717) is 11.3 Å². The lowest BCUT2D eigenvalue weighted by atomic mass is 10.2. The highest BCUT2D eigenvalue weighted by atomic mass is 19.4. The van der Waals surface area contributed by atoms with Crippen molar-refractivity contribution in [1.82, 2.24) is 4.90 Å². The van der Waals surface area contributed by atoms with Gasteiger partial charge in [-0.25, -0.2) is 0 Å². The van der Waals surface area contributed by atoms with Gasteiger partial charge in [0.05, 0.1) is 6.54 Å². The van der Waals surface area contributed by atoms with Crippen molar-refractivity contribution in [3.8, 4) is 0 Å². The Morgan fingerprint density at radius 3 is 2.35 bits per heavy atom. The van der Waals surface area contributed by atoms with E-state index in [-0.39, 0.29) is 5.91 Å². The number of hydrogen-bond acceptors (Lipinski definition) is 3. The summed E-state index contributed by atoms with van der Waals surface area (Å²) in [6.07, 6.45) is -4.81. The lowest BCUT2D eigenvalue weighted by Gasteiger charge is -2.21. The number of benzene rings is 1. The molecule has 1 unspecified atom stereocenters. The molecular weight excluding hydrogens is 313 g/mol. The number of nitrogens with one attached hydrogen (secondary N) is 1. The number of aliphatic hydroxyl groups is 1. The third-order valence-corrected chi connectivity index (χ3v) is 2.85. The second-order valence-corrected chi connectivity index (χ2v) is 4.91. The molecule has 1 atom stereocenters. The van der Waals surface area contributed by atoms with E-state index >= 15 is 0 Å². The molecule has 0 saturated carbocycles. The Balaban J connectivity index is 2.62. The fourth-order valence-corrected chi connectivity index (χ4v) is 1.63. The van der Waals surface area contributed by atoms with Gasteiger partial charge < -0.3 is 15.3 Å². The fraction of sp³-hybridized carbons (Fsp3) is 0.333. The maximum absolute atomic E-state index is 12.2. The zero-order valence-electron chi connectivity index (χ0n) is 12.6. The molecule has 126 valence electrons. The Morgan fingerprint density at radius 1 is 1.30 bits per heavy atom. The molecule has 2 amide bonds. The zero-order chi connectivity index (χ0) is 17.6. The van der Waals surface area contributed by atoms with Crippen molar-refractivity contribution in [1.29, 1.82) is 0 Å². The molecule has 1 rings (SSSR count). The van der Waals surface area contributed by atoms with Crippen LogP contribution in [0.4, 0.5) is 18.9 Å². The molecule has 0 aliphatic carbocycles. The Kier molecular flexibility index (Phi) is 6.32. The third kappa shape index (κ3) is 6.52. The van der Waals surface area contributed by atoms with E-state index in [0.717, 1.165) is 11.0 Å². The predicted molar refractivity (Wildman–Crippen MR) is 79.5 cm³/mol. The molecule has 23 heavy (non-hydrogen) atoms. The van der Waals surface area contributed by atoms with Gasteiger partial charge in [0.25, 0.3) is 0 Å². The highest BCUT2D eigenvalue weighted by Gasteiger charge is 2.39. The molecule has 0 fully saturated rings. The van der Waals surface area contributed by atoms with Crippen LogP contribution in [0.2, 0.25) is 0 Å². The summed E-state index contributed by atoms with van der Waals surface area (Å²) < 4.78 is 36.6. The number of carbonyl (C=O) groups is 2. The van der Waals surface area contributed by atoms with Crippen molar-refractivity contribution in [3.63, 3.8) is 0 Å². The quantitative estimate of drug-likeness (QED) is 0.812. The number of rotatable bonds is 5. The number of halogens is 3. The van der Waals surface area contributed by atoms with Gasteiger partial charge in [-0.2, -0.15) is 13.2 Å². The zero-order valence-corrected chi connectivity index (χ0v) is 12.6. The summed E-state index contributed by atoms with van der Waals surface area (Å²) in [5.41, 5.74) is 1.23. The van der Waals surface area contributed by atoms with Crippen LogP contribution in [0.5, 0.6) is 0 Å². The standard InChI is InChI=1S/C15H17F3N2O3/c1-10(21)19-12-6-3-11(4-7-12)5-8-14(23)20(2)9-13(22)15(16,17)18/h3-8,13,22H,9H2,1-2H3,(H,19,21)/b8-5+. The Morgan fingerprint density at radius 2 is 1.87 bits per heavy atom. The van der Waals surface area contributed by atoms with Crippen molar-refractivity contribution in [2.24, 2.45) is 0 Å². The van der Waals surface area contributed by atoms with Crippen LogP contribution in [-0.2, 0) is 9.59 Å². The number of hydrogen-bond donors (Lipinski definition) is 2. The number of likely N-dealkylation sites (N-methyl/N-ethyl adjacent to an activating group) is 1. The molecule has 0 aromatic heterocycles. The molecule has 8 heteroatoms. The number of alkyl halides is 3. The first kappa shape index (κ1) is 18.7. The van der Waals surface area contributed by atoms with E-state index in [4.69, 9.17) is 5.11 Å². The van der Waals surface area contributed by atoms with Gasteiger partial charge >= 0.3 is 6.18 Å². The van der Waals surface area contributed by atoms with Crippen LogP contribution in [0, 0.1) is 0 Å². The van der Waals surface area contributed by atoms with E-state index in [2.05, 4.69) is 5.32 Å². The summed E-state index contributed by atoms with van der Waals surface area (Å²) in [7, 11) is 1.17. The molecule has 1 aromatic rings. The lowest BCUT2D eigenvalue weighted by molar-refractivity contribution is -0.207. The fourth-order valence-electron chi connectivity index (χ4n) is 1.63. The predicted octanol–water partition coefficient (Wildman–Crippen LogP) is 2.04. The Bertz CT molecular complexity index is 583. The number of carbonyl (C=O) groups excluding carboxylic acids is 2. The summed E-state index contributed by atoms with van der Waals surface area (Å²) in [5, 5.41) is 11.5. The molecule has 0 aliphatic rings. The highest BCUT2D eigenvalue weighted by Crippen LogP contribution is 2.20. The number of aliphatic hydroxyl groups excluding tert-OH is 1. The van der Waals surface area contributed by atoms with Crippen LogP contribution in [-0.4, -0.2) is 47.7 Å². The summed E-state index contributed by atoms with van der Waals surface area (Å²) in [4.78, 5) is 23.3. The van der Waals surface area contributed by atoms with E-state index in [1.807, 2.05) is 0 Å². The molecule has 0 radical (unpaired) electrons. The second kappa shape index (κ2) is 7.77. The molecular formula is C15H17F3N2O3. The molecule has 0 saturated heterocycles. The van der Waals surface area contributed by atoms with Crippen LogP contribution in [0.25, 0.3) is 6.08 Å². The minimum Gasteiger partial charge on any atom is -0.382 e.